The number of anilines is 1. The monoisotopic (exact) mass is 305 g/mol. The quantitative estimate of drug-likeness (QED) is 0.861. The van der Waals surface area contributed by atoms with Crippen LogP contribution in [0.2, 0.25) is 0 Å². The van der Waals surface area contributed by atoms with E-state index >= 15 is 0 Å². The summed E-state index contributed by atoms with van der Waals surface area (Å²) < 4.78 is 52.4. The molecule has 2 rings (SSSR count). The van der Waals surface area contributed by atoms with Gasteiger partial charge in [-0.25, -0.2) is 17.6 Å². The fourth-order valence-corrected chi connectivity index (χ4v) is 1.66. The molecule has 10 heteroatoms. The fraction of sp³-hybridized carbons (Fsp3) is 0.364. The van der Waals surface area contributed by atoms with Crippen molar-refractivity contribution in [2.45, 2.75) is 19.4 Å². The van der Waals surface area contributed by atoms with E-state index in [-0.39, 0.29) is 5.82 Å². The zero-order valence-corrected chi connectivity index (χ0v) is 10.8. The van der Waals surface area contributed by atoms with Crippen molar-refractivity contribution >= 4 is 11.7 Å². The van der Waals surface area contributed by atoms with Crippen LogP contribution in [0.3, 0.4) is 0 Å². The van der Waals surface area contributed by atoms with Crippen molar-refractivity contribution in [3.63, 3.8) is 0 Å². The Morgan fingerprint density at radius 2 is 2.00 bits per heavy atom. The first-order chi connectivity index (χ1) is 9.86. The van der Waals surface area contributed by atoms with Gasteiger partial charge >= 0.3 is 0 Å². The third-order valence-electron chi connectivity index (χ3n) is 2.55. The summed E-state index contributed by atoms with van der Waals surface area (Å²) in [5, 5.41) is 9.54. The number of halogens is 4. The van der Waals surface area contributed by atoms with Gasteiger partial charge in [-0.3, -0.25) is 14.2 Å². The van der Waals surface area contributed by atoms with Crippen LogP contribution in [-0.4, -0.2) is 25.5 Å². The van der Waals surface area contributed by atoms with Crippen LogP contribution in [0.5, 0.6) is 0 Å². The van der Waals surface area contributed by atoms with Crippen LogP contribution in [0.15, 0.2) is 18.3 Å². The molecule has 2 heterocycles. The highest BCUT2D eigenvalue weighted by Gasteiger charge is 2.22. The molecule has 0 saturated carbocycles. The SMILES string of the molecule is Cn1ccc(NC(=O)Cn2nc(C(F)F)cc2C(F)F)n1. The van der Waals surface area contributed by atoms with E-state index < -0.39 is 36.7 Å². The minimum absolute atomic E-state index is 0.224. The van der Waals surface area contributed by atoms with Gasteiger partial charge in [-0.1, -0.05) is 0 Å². The minimum Gasteiger partial charge on any atom is -0.308 e. The summed E-state index contributed by atoms with van der Waals surface area (Å²) in [6, 6.07) is 2.09. The zero-order chi connectivity index (χ0) is 15.6. The number of alkyl halides is 4. The predicted molar refractivity (Wildman–Crippen MR) is 64.0 cm³/mol. The summed E-state index contributed by atoms with van der Waals surface area (Å²) in [5.41, 5.74) is -1.53. The Bertz CT molecular complexity index is 636. The molecule has 0 unspecified atom stereocenters. The Morgan fingerprint density at radius 1 is 1.29 bits per heavy atom. The molecule has 0 aliphatic heterocycles. The topological polar surface area (TPSA) is 64.7 Å². The van der Waals surface area contributed by atoms with Crippen LogP contribution >= 0.6 is 0 Å². The third-order valence-corrected chi connectivity index (χ3v) is 2.55. The molecular weight excluding hydrogens is 294 g/mol. The molecule has 114 valence electrons. The molecule has 0 bridgehead atoms. The number of amides is 1. The summed E-state index contributed by atoms with van der Waals surface area (Å²) in [7, 11) is 1.63. The molecule has 0 aromatic carbocycles. The molecule has 0 atom stereocenters. The number of aromatic nitrogens is 4. The summed E-state index contributed by atoms with van der Waals surface area (Å²) in [6.07, 6.45) is -4.42. The molecule has 0 saturated heterocycles. The first-order valence-corrected chi connectivity index (χ1v) is 5.80. The van der Waals surface area contributed by atoms with Crippen molar-refractivity contribution in [3.8, 4) is 0 Å². The minimum atomic E-state index is -3.01. The summed E-state index contributed by atoms with van der Waals surface area (Å²) >= 11 is 0. The highest BCUT2D eigenvalue weighted by molar-refractivity contribution is 5.89. The van der Waals surface area contributed by atoms with Gasteiger partial charge in [-0.2, -0.15) is 10.2 Å². The number of hydrogen-bond donors (Lipinski definition) is 1. The largest absolute Gasteiger partial charge is 0.308 e. The maximum atomic E-state index is 12.7. The van der Waals surface area contributed by atoms with Gasteiger partial charge in [0, 0.05) is 19.3 Å². The molecule has 0 fully saturated rings. The number of aryl methyl sites for hydroxylation is 1. The molecule has 6 nitrogen and oxygen atoms in total. The molecule has 0 spiro atoms. The Morgan fingerprint density at radius 3 is 2.52 bits per heavy atom. The number of carbonyl (C=O) groups is 1. The van der Waals surface area contributed by atoms with Crippen LogP contribution in [-0.2, 0) is 18.4 Å². The van der Waals surface area contributed by atoms with Gasteiger partial charge < -0.3 is 5.32 Å². The standard InChI is InChI=1S/C11H11F4N5O/c1-19-3-2-8(18-19)16-9(21)5-20-7(11(14)15)4-6(17-20)10(12)13/h2-4,10-11H,5H2,1H3,(H,16,18,21). The lowest BCUT2D eigenvalue weighted by Gasteiger charge is -2.06. The Balaban J connectivity index is 2.12. The van der Waals surface area contributed by atoms with Gasteiger partial charge in [0.15, 0.2) is 5.82 Å². The second-order valence-corrected chi connectivity index (χ2v) is 4.18. The van der Waals surface area contributed by atoms with Crippen LogP contribution < -0.4 is 5.32 Å². The maximum absolute atomic E-state index is 12.7. The smallest absolute Gasteiger partial charge is 0.282 e. The Hall–Kier alpha value is -2.39. The van der Waals surface area contributed by atoms with Gasteiger partial charge in [-0.05, 0) is 6.07 Å². The summed E-state index contributed by atoms with van der Waals surface area (Å²) in [5.74, 6) is -0.471. The average Bonchev–Trinajstić information content (AvgIpc) is 2.96. The Labute approximate surface area is 116 Å². The number of hydrogen-bond acceptors (Lipinski definition) is 3. The highest BCUT2D eigenvalue weighted by atomic mass is 19.3. The second kappa shape index (κ2) is 5.94. The van der Waals surface area contributed by atoms with Crippen LogP contribution in [0.25, 0.3) is 0 Å². The van der Waals surface area contributed by atoms with E-state index in [4.69, 9.17) is 0 Å². The lowest BCUT2D eigenvalue weighted by molar-refractivity contribution is -0.117. The Kier molecular flexibility index (Phi) is 4.24. The van der Waals surface area contributed by atoms with Crippen LogP contribution in [0.1, 0.15) is 24.2 Å². The van der Waals surface area contributed by atoms with Crippen molar-refractivity contribution in [1.82, 2.24) is 19.6 Å². The van der Waals surface area contributed by atoms with Crippen molar-refractivity contribution in [3.05, 3.63) is 29.7 Å². The molecular formula is C11H11F4N5O. The molecule has 21 heavy (non-hydrogen) atoms. The lowest BCUT2D eigenvalue weighted by Crippen LogP contribution is -2.21. The zero-order valence-electron chi connectivity index (χ0n) is 10.8. The highest BCUT2D eigenvalue weighted by Crippen LogP contribution is 2.24. The van der Waals surface area contributed by atoms with Gasteiger partial charge in [0.1, 0.15) is 17.9 Å². The van der Waals surface area contributed by atoms with E-state index in [9.17, 15) is 22.4 Å². The molecule has 1 amide bonds. The normalized spacial score (nSPS) is 11.4. The fourth-order valence-electron chi connectivity index (χ4n) is 1.66. The van der Waals surface area contributed by atoms with Crippen molar-refractivity contribution in [2.75, 3.05) is 5.32 Å². The molecule has 2 aromatic heterocycles. The van der Waals surface area contributed by atoms with Crippen molar-refractivity contribution in [2.24, 2.45) is 7.05 Å². The third kappa shape index (κ3) is 3.58. The van der Waals surface area contributed by atoms with Crippen molar-refractivity contribution < 1.29 is 22.4 Å². The van der Waals surface area contributed by atoms with Crippen molar-refractivity contribution in [1.29, 1.82) is 0 Å². The van der Waals surface area contributed by atoms with E-state index in [0.29, 0.717) is 10.7 Å². The van der Waals surface area contributed by atoms with Crippen LogP contribution in [0.4, 0.5) is 23.4 Å². The van der Waals surface area contributed by atoms with Gasteiger partial charge in [-0.15, -0.1) is 0 Å². The lowest BCUT2D eigenvalue weighted by atomic mass is 10.3. The van der Waals surface area contributed by atoms with Gasteiger partial charge in [0.25, 0.3) is 12.9 Å². The van der Waals surface area contributed by atoms with Gasteiger partial charge in [0.05, 0.1) is 0 Å². The second-order valence-electron chi connectivity index (χ2n) is 4.18. The number of rotatable bonds is 5. The van der Waals surface area contributed by atoms with Crippen LogP contribution in [0, 0.1) is 0 Å². The molecule has 2 aromatic rings. The molecule has 0 aliphatic carbocycles. The van der Waals surface area contributed by atoms with E-state index in [1.807, 2.05) is 0 Å². The maximum Gasteiger partial charge on any atom is 0.282 e. The van der Waals surface area contributed by atoms with E-state index in [1.165, 1.54) is 10.7 Å². The predicted octanol–water partition coefficient (Wildman–Crippen LogP) is 2.13. The number of nitrogens with zero attached hydrogens (tertiary/aromatic N) is 4. The van der Waals surface area contributed by atoms with Gasteiger partial charge in [0.2, 0.25) is 5.91 Å². The summed E-state index contributed by atoms with van der Waals surface area (Å²) in [4.78, 5) is 11.7. The number of nitrogens with one attached hydrogen (secondary N) is 1. The van der Waals surface area contributed by atoms with E-state index in [1.54, 1.807) is 13.2 Å². The number of carbonyl (C=O) groups excluding carboxylic acids is 1. The van der Waals surface area contributed by atoms with E-state index in [0.717, 1.165) is 0 Å². The van der Waals surface area contributed by atoms with E-state index in [2.05, 4.69) is 15.5 Å². The molecule has 0 aliphatic rings. The summed E-state index contributed by atoms with van der Waals surface area (Å²) in [6.45, 7) is -0.608. The first kappa shape index (κ1) is 15.0. The molecule has 0 radical (unpaired) electrons. The average molecular weight is 305 g/mol. The molecule has 1 N–H and O–H groups in total. The first-order valence-electron chi connectivity index (χ1n) is 5.80.